The minimum Gasteiger partial charge on any atom is -0.484 e. The summed E-state index contributed by atoms with van der Waals surface area (Å²) < 4.78 is 6.63. The lowest BCUT2D eigenvalue weighted by Gasteiger charge is -2.17. The van der Waals surface area contributed by atoms with Crippen molar-refractivity contribution in [1.29, 1.82) is 0 Å². The van der Waals surface area contributed by atoms with Crippen molar-refractivity contribution in [3.63, 3.8) is 0 Å². The van der Waals surface area contributed by atoms with E-state index in [1.165, 1.54) is 11.1 Å². The van der Waals surface area contributed by atoms with E-state index in [2.05, 4.69) is 60.0 Å². The summed E-state index contributed by atoms with van der Waals surface area (Å²) in [7, 11) is 0. The molecule has 1 unspecified atom stereocenters. The fourth-order valence-electron chi connectivity index (χ4n) is 2.35. The van der Waals surface area contributed by atoms with E-state index < -0.39 is 0 Å². The van der Waals surface area contributed by atoms with Crippen LogP contribution in [0.5, 0.6) is 5.75 Å². The van der Waals surface area contributed by atoms with E-state index in [4.69, 9.17) is 4.74 Å². The van der Waals surface area contributed by atoms with Crippen LogP contribution in [0.3, 0.4) is 0 Å². The van der Waals surface area contributed by atoms with Crippen LogP contribution in [0, 0.1) is 17.4 Å². The second-order valence-corrected chi connectivity index (χ2v) is 6.64. The fraction of sp³-hybridized carbons (Fsp3) is 0.278. The molecule has 0 saturated heterocycles. The maximum atomic E-state index is 12.0. The lowest BCUT2D eigenvalue weighted by atomic mass is 10.0. The smallest absolute Gasteiger partial charge is 0.258 e. The summed E-state index contributed by atoms with van der Waals surface area (Å²) in [5, 5.41) is 2.97. The Labute approximate surface area is 145 Å². The predicted octanol–water partition coefficient (Wildman–Crippen LogP) is 4.16. The van der Waals surface area contributed by atoms with Crippen molar-refractivity contribution < 1.29 is 9.53 Å². The molecule has 0 saturated carbocycles. The Kier molecular flexibility index (Phi) is 5.83. The van der Waals surface area contributed by atoms with E-state index in [-0.39, 0.29) is 18.6 Å². The van der Waals surface area contributed by atoms with Gasteiger partial charge in [0.25, 0.3) is 5.91 Å². The van der Waals surface area contributed by atoms with Gasteiger partial charge in [0, 0.05) is 3.57 Å². The van der Waals surface area contributed by atoms with Gasteiger partial charge in [-0.1, -0.05) is 23.8 Å². The van der Waals surface area contributed by atoms with E-state index >= 15 is 0 Å². The Morgan fingerprint density at radius 3 is 2.50 bits per heavy atom. The van der Waals surface area contributed by atoms with Gasteiger partial charge < -0.3 is 10.1 Å². The average molecular weight is 409 g/mol. The zero-order valence-corrected chi connectivity index (χ0v) is 15.2. The first kappa shape index (κ1) is 16.8. The number of ether oxygens (including phenoxy) is 1. The first-order chi connectivity index (χ1) is 10.5. The van der Waals surface area contributed by atoms with Gasteiger partial charge in [-0.2, -0.15) is 0 Å². The van der Waals surface area contributed by atoms with Crippen molar-refractivity contribution in [2.24, 2.45) is 0 Å². The first-order valence-corrected chi connectivity index (χ1v) is 8.28. The van der Waals surface area contributed by atoms with Crippen LogP contribution in [0.4, 0.5) is 0 Å². The number of halogens is 1. The Morgan fingerprint density at radius 1 is 1.18 bits per heavy atom. The minimum atomic E-state index is -0.119. The molecule has 0 heterocycles. The van der Waals surface area contributed by atoms with Crippen LogP contribution in [0.2, 0.25) is 0 Å². The van der Waals surface area contributed by atoms with Gasteiger partial charge in [-0.05, 0) is 78.8 Å². The van der Waals surface area contributed by atoms with Crippen molar-refractivity contribution in [3.8, 4) is 5.75 Å². The van der Waals surface area contributed by atoms with Gasteiger partial charge in [-0.3, -0.25) is 4.79 Å². The molecule has 0 aliphatic rings. The molecule has 2 rings (SSSR count). The number of nitrogens with one attached hydrogen (secondary N) is 1. The molecule has 0 aliphatic carbocycles. The Morgan fingerprint density at radius 2 is 1.86 bits per heavy atom. The standard InChI is InChI=1S/C18H20INO2/c1-12-4-9-17(13(2)10-12)14(3)20-18(21)11-22-16-7-5-15(19)6-8-16/h4-10,14H,11H2,1-3H3,(H,20,21). The molecule has 4 heteroatoms. The third-order valence-electron chi connectivity index (χ3n) is 3.45. The van der Waals surface area contributed by atoms with Gasteiger partial charge in [0.15, 0.2) is 6.61 Å². The van der Waals surface area contributed by atoms with Crippen LogP contribution >= 0.6 is 22.6 Å². The molecule has 0 fully saturated rings. The molecule has 1 amide bonds. The normalized spacial score (nSPS) is 11.8. The maximum Gasteiger partial charge on any atom is 0.258 e. The number of hydrogen-bond donors (Lipinski definition) is 1. The molecular formula is C18H20INO2. The largest absolute Gasteiger partial charge is 0.484 e. The maximum absolute atomic E-state index is 12.0. The highest BCUT2D eigenvalue weighted by Gasteiger charge is 2.12. The Balaban J connectivity index is 1.89. The van der Waals surface area contributed by atoms with Crippen LogP contribution in [-0.4, -0.2) is 12.5 Å². The van der Waals surface area contributed by atoms with Crippen LogP contribution in [0.15, 0.2) is 42.5 Å². The van der Waals surface area contributed by atoms with Crippen LogP contribution < -0.4 is 10.1 Å². The zero-order chi connectivity index (χ0) is 16.1. The molecule has 0 radical (unpaired) electrons. The van der Waals surface area contributed by atoms with Crippen LogP contribution in [-0.2, 0) is 4.79 Å². The molecular weight excluding hydrogens is 389 g/mol. The van der Waals surface area contributed by atoms with Gasteiger partial charge in [-0.15, -0.1) is 0 Å². The molecule has 0 bridgehead atoms. The van der Waals surface area contributed by atoms with Crippen molar-refractivity contribution in [2.75, 3.05) is 6.61 Å². The number of hydrogen-bond acceptors (Lipinski definition) is 2. The first-order valence-electron chi connectivity index (χ1n) is 7.20. The summed E-state index contributed by atoms with van der Waals surface area (Å²) in [5.74, 6) is 0.584. The number of carbonyl (C=O) groups excluding carboxylic acids is 1. The molecule has 1 atom stereocenters. The molecule has 1 N–H and O–H groups in total. The van der Waals surface area contributed by atoms with E-state index in [9.17, 15) is 4.79 Å². The summed E-state index contributed by atoms with van der Waals surface area (Å²) >= 11 is 2.23. The third-order valence-corrected chi connectivity index (χ3v) is 4.17. The molecule has 22 heavy (non-hydrogen) atoms. The molecule has 3 nitrogen and oxygen atoms in total. The van der Waals surface area contributed by atoms with Gasteiger partial charge in [-0.25, -0.2) is 0 Å². The monoisotopic (exact) mass is 409 g/mol. The second-order valence-electron chi connectivity index (χ2n) is 5.39. The highest BCUT2D eigenvalue weighted by Crippen LogP contribution is 2.18. The van der Waals surface area contributed by atoms with Crippen LogP contribution in [0.25, 0.3) is 0 Å². The van der Waals surface area contributed by atoms with Gasteiger partial charge in [0.05, 0.1) is 6.04 Å². The molecule has 2 aromatic carbocycles. The number of rotatable bonds is 5. The second kappa shape index (κ2) is 7.63. The predicted molar refractivity (Wildman–Crippen MR) is 97.1 cm³/mol. The van der Waals surface area contributed by atoms with Crippen molar-refractivity contribution >= 4 is 28.5 Å². The van der Waals surface area contributed by atoms with Crippen molar-refractivity contribution in [1.82, 2.24) is 5.32 Å². The molecule has 0 spiro atoms. The minimum absolute atomic E-state index is 0.0237. The number of aryl methyl sites for hydroxylation is 2. The summed E-state index contributed by atoms with van der Waals surface area (Å²) in [6.07, 6.45) is 0. The summed E-state index contributed by atoms with van der Waals surface area (Å²) in [5.41, 5.74) is 3.54. The fourth-order valence-corrected chi connectivity index (χ4v) is 2.71. The van der Waals surface area contributed by atoms with E-state index in [0.29, 0.717) is 5.75 Å². The Bertz CT molecular complexity index is 653. The average Bonchev–Trinajstić information content (AvgIpc) is 2.46. The van der Waals surface area contributed by atoms with Gasteiger partial charge >= 0.3 is 0 Å². The van der Waals surface area contributed by atoms with Crippen molar-refractivity contribution in [3.05, 3.63) is 62.7 Å². The number of benzene rings is 2. The number of amides is 1. The lowest BCUT2D eigenvalue weighted by molar-refractivity contribution is -0.123. The van der Waals surface area contributed by atoms with Gasteiger partial charge in [0.2, 0.25) is 0 Å². The summed E-state index contributed by atoms with van der Waals surface area (Å²) in [6, 6.07) is 13.8. The summed E-state index contributed by atoms with van der Waals surface area (Å²) in [6.45, 7) is 6.14. The molecule has 116 valence electrons. The Hall–Kier alpha value is -1.56. The van der Waals surface area contributed by atoms with Gasteiger partial charge in [0.1, 0.15) is 5.75 Å². The molecule has 0 aliphatic heterocycles. The quantitative estimate of drug-likeness (QED) is 0.754. The van der Waals surface area contributed by atoms with Crippen LogP contribution in [0.1, 0.15) is 29.7 Å². The van der Waals surface area contributed by atoms with E-state index in [0.717, 1.165) is 9.13 Å². The van der Waals surface area contributed by atoms with E-state index in [1.807, 2.05) is 31.2 Å². The SMILES string of the molecule is Cc1ccc(C(C)NC(=O)COc2ccc(I)cc2)c(C)c1. The zero-order valence-electron chi connectivity index (χ0n) is 13.0. The lowest BCUT2D eigenvalue weighted by Crippen LogP contribution is -2.31. The van der Waals surface area contributed by atoms with E-state index in [1.54, 1.807) is 0 Å². The molecule has 2 aromatic rings. The molecule has 0 aromatic heterocycles. The highest BCUT2D eigenvalue weighted by atomic mass is 127. The summed E-state index contributed by atoms with van der Waals surface area (Å²) in [4.78, 5) is 12.0. The van der Waals surface area contributed by atoms with Crippen molar-refractivity contribution in [2.45, 2.75) is 26.8 Å². The third kappa shape index (κ3) is 4.73. The highest BCUT2D eigenvalue weighted by molar-refractivity contribution is 14.1. The number of carbonyl (C=O) groups is 1. The topological polar surface area (TPSA) is 38.3 Å².